The normalized spacial score (nSPS) is 10.5. The summed E-state index contributed by atoms with van der Waals surface area (Å²) in [6.45, 7) is 3.38. The molecule has 0 amide bonds. The highest BCUT2D eigenvalue weighted by molar-refractivity contribution is 6.35. The summed E-state index contributed by atoms with van der Waals surface area (Å²) in [5.74, 6) is -0.186. The molecule has 1 aromatic carbocycles. The highest BCUT2D eigenvalue weighted by atomic mass is 35.5. The van der Waals surface area contributed by atoms with Crippen molar-refractivity contribution in [3.63, 3.8) is 0 Å². The van der Waals surface area contributed by atoms with Gasteiger partial charge in [0.1, 0.15) is 6.61 Å². The lowest BCUT2D eigenvalue weighted by molar-refractivity contribution is 0.0475. The van der Waals surface area contributed by atoms with Gasteiger partial charge < -0.3 is 9.47 Å². The largest absolute Gasteiger partial charge is 0.379 e. The molecule has 3 nitrogen and oxygen atoms in total. The topological polar surface area (TPSA) is 35.5 Å². The van der Waals surface area contributed by atoms with Gasteiger partial charge >= 0.3 is 0 Å². The van der Waals surface area contributed by atoms with Crippen LogP contribution in [-0.4, -0.2) is 32.2 Å². The second-order valence-electron chi connectivity index (χ2n) is 3.30. The van der Waals surface area contributed by atoms with E-state index in [0.717, 1.165) is 0 Å². The van der Waals surface area contributed by atoms with Crippen molar-refractivity contribution >= 4 is 29.0 Å². The average molecular weight is 277 g/mol. The summed E-state index contributed by atoms with van der Waals surface area (Å²) in [4.78, 5) is 11.7. The minimum atomic E-state index is -0.186. The predicted molar refractivity (Wildman–Crippen MR) is 68.1 cm³/mol. The van der Waals surface area contributed by atoms with Crippen LogP contribution in [0.3, 0.4) is 0 Å². The Morgan fingerprint density at radius 1 is 1.24 bits per heavy atom. The predicted octanol–water partition coefficient (Wildman–Crippen LogP) is 3.23. The molecule has 0 aliphatic heterocycles. The number of hydrogen-bond acceptors (Lipinski definition) is 3. The molecular weight excluding hydrogens is 263 g/mol. The first-order valence-electron chi connectivity index (χ1n) is 5.29. The molecule has 0 radical (unpaired) electrons. The zero-order valence-corrected chi connectivity index (χ0v) is 11.1. The molecule has 0 unspecified atom stereocenters. The SMILES string of the molecule is CCOCCOCC(=O)c1cc(Cl)ccc1Cl. The Hall–Kier alpha value is -0.610. The van der Waals surface area contributed by atoms with Crippen molar-refractivity contribution in [3.05, 3.63) is 33.8 Å². The number of rotatable bonds is 7. The van der Waals surface area contributed by atoms with Gasteiger partial charge in [-0.05, 0) is 25.1 Å². The summed E-state index contributed by atoms with van der Waals surface area (Å²) >= 11 is 11.7. The first-order chi connectivity index (χ1) is 8.15. The molecule has 0 aliphatic carbocycles. The van der Waals surface area contributed by atoms with Crippen molar-refractivity contribution in [1.29, 1.82) is 0 Å². The van der Waals surface area contributed by atoms with E-state index in [1.165, 1.54) is 6.07 Å². The molecule has 1 aromatic rings. The van der Waals surface area contributed by atoms with Gasteiger partial charge in [-0.25, -0.2) is 0 Å². The quantitative estimate of drug-likeness (QED) is 0.567. The van der Waals surface area contributed by atoms with Gasteiger partial charge in [-0.1, -0.05) is 23.2 Å². The number of hydrogen-bond donors (Lipinski definition) is 0. The summed E-state index contributed by atoms with van der Waals surface area (Å²) < 4.78 is 10.3. The maximum atomic E-state index is 11.7. The van der Waals surface area contributed by atoms with Crippen molar-refractivity contribution in [2.45, 2.75) is 6.92 Å². The minimum absolute atomic E-state index is 0.0207. The maximum absolute atomic E-state index is 11.7. The van der Waals surface area contributed by atoms with Crippen LogP contribution >= 0.6 is 23.2 Å². The van der Waals surface area contributed by atoms with Crippen LogP contribution in [0, 0.1) is 0 Å². The first-order valence-corrected chi connectivity index (χ1v) is 6.04. The highest BCUT2D eigenvalue weighted by Crippen LogP contribution is 2.21. The summed E-state index contributed by atoms with van der Waals surface area (Å²) in [5.41, 5.74) is 0.385. The zero-order valence-electron chi connectivity index (χ0n) is 9.54. The van der Waals surface area contributed by atoms with E-state index < -0.39 is 0 Å². The summed E-state index contributed by atoms with van der Waals surface area (Å²) in [6, 6.07) is 4.77. The van der Waals surface area contributed by atoms with E-state index in [1.54, 1.807) is 12.1 Å². The molecular formula is C12H14Cl2O3. The van der Waals surface area contributed by atoms with E-state index in [0.29, 0.717) is 35.4 Å². The van der Waals surface area contributed by atoms with Crippen LogP contribution in [0.2, 0.25) is 10.0 Å². The van der Waals surface area contributed by atoms with Crippen LogP contribution < -0.4 is 0 Å². The van der Waals surface area contributed by atoms with Crippen molar-refractivity contribution in [3.8, 4) is 0 Å². The summed E-state index contributed by atoms with van der Waals surface area (Å²) in [7, 11) is 0. The number of ether oxygens (including phenoxy) is 2. The van der Waals surface area contributed by atoms with Crippen molar-refractivity contribution < 1.29 is 14.3 Å². The van der Waals surface area contributed by atoms with Gasteiger partial charge in [0, 0.05) is 17.2 Å². The summed E-state index contributed by atoms with van der Waals surface area (Å²) in [5, 5.41) is 0.861. The highest BCUT2D eigenvalue weighted by Gasteiger charge is 2.10. The van der Waals surface area contributed by atoms with E-state index in [1.807, 2.05) is 6.92 Å². The fourth-order valence-corrected chi connectivity index (χ4v) is 1.61. The second-order valence-corrected chi connectivity index (χ2v) is 4.14. The van der Waals surface area contributed by atoms with Crippen LogP contribution in [0.1, 0.15) is 17.3 Å². The third-order valence-corrected chi connectivity index (χ3v) is 2.60. The molecule has 0 saturated heterocycles. The molecule has 0 aromatic heterocycles. The van der Waals surface area contributed by atoms with E-state index in [4.69, 9.17) is 32.7 Å². The van der Waals surface area contributed by atoms with Gasteiger partial charge in [-0.2, -0.15) is 0 Å². The van der Waals surface area contributed by atoms with Crippen LogP contribution in [0.5, 0.6) is 0 Å². The van der Waals surface area contributed by atoms with E-state index in [9.17, 15) is 4.79 Å². The average Bonchev–Trinajstić information content (AvgIpc) is 2.32. The Morgan fingerprint density at radius 3 is 2.65 bits per heavy atom. The molecule has 0 bridgehead atoms. The van der Waals surface area contributed by atoms with Crippen LogP contribution in [-0.2, 0) is 9.47 Å². The molecule has 0 spiro atoms. The van der Waals surface area contributed by atoms with Crippen molar-refractivity contribution in [2.24, 2.45) is 0 Å². The third kappa shape index (κ3) is 5.04. The molecule has 5 heteroatoms. The maximum Gasteiger partial charge on any atom is 0.190 e. The molecule has 0 saturated carbocycles. The Kier molecular flexibility index (Phi) is 6.52. The number of carbonyl (C=O) groups excluding carboxylic acids is 1. The molecule has 0 N–H and O–H groups in total. The van der Waals surface area contributed by atoms with Crippen LogP contribution in [0.4, 0.5) is 0 Å². The van der Waals surface area contributed by atoms with Gasteiger partial charge in [0.15, 0.2) is 5.78 Å². The standard InChI is InChI=1S/C12H14Cl2O3/c1-2-16-5-6-17-8-12(15)10-7-9(13)3-4-11(10)14/h3-4,7H,2,5-6,8H2,1H3. The smallest absolute Gasteiger partial charge is 0.190 e. The zero-order chi connectivity index (χ0) is 12.7. The number of Topliss-reactive ketones (excluding diaryl/α,β-unsaturated/α-hetero) is 1. The second kappa shape index (κ2) is 7.67. The fraction of sp³-hybridized carbons (Fsp3) is 0.417. The molecule has 0 heterocycles. The summed E-state index contributed by atoms with van der Waals surface area (Å²) in [6.07, 6.45) is 0. The monoisotopic (exact) mass is 276 g/mol. The van der Waals surface area contributed by atoms with E-state index in [-0.39, 0.29) is 12.4 Å². The number of ketones is 1. The molecule has 94 valence electrons. The Bertz CT molecular complexity index is 380. The van der Waals surface area contributed by atoms with Crippen molar-refractivity contribution in [1.82, 2.24) is 0 Å². The van der Waals surface area contributed by atoms with Gasteiger partial charge in [0.25, 0.3) is 0 Å². The molecule has 0 fully saturated rings. The first kappa shape index (κ1) is 14.5. The molecule has 0 atom stereocenters. The van der Waals surface area contributed by atoms with Crippen LogP contribution in [0.25, 0.3) is 0 Å². The number of carbonyl (C=O) groups is 1. The number of halogens is 2. The molecule has 0 aliphatic rings. The Labute approximate surface area is 111 Å². The van der Waals surface area contributed by atoms with Gasteiger partial charge in [0.05, 0.1) is 18.2 Å². The molecule has 17 heavy (non-hydrogen) atoms. The van der Waals surface area contributed by atoms with Gasteiger partial charge in [0.2, 0.25) is 0 Å². The lowest BCUT2D eigenvalue weighted by Crippen LogP contribution is -2.13. The lowest BCUT2D eigenvalue weighted by Gasteiger charge is -2.05. The minimum Gasteiger partial charge on any atom is -0.379 e. The fourth-order valence-electron chi connectivity index (χ4n) is 1.22. The van der Waals surface area contributed by atoms with Crippen molar-refractivity contribution in [2.75, 3.05) is 26.4 Å². The molecule has 1 rings (SSSR count). The Morgan fingerprint density at radius 2 is 1.94 bits per heavy atom. The van der Waals surface area contributed by atoms with E-state index >= 15 is 0 Å². The van der Waals surface area contributed by atoms with Gasteiger partial charge in [-0.3, -0.25) is 4.79 Å². The van der Waals surface area contributed by atoms with Gasteiger partial charge in [-0.15, -0.1) is 0 Å². The van der Waals surface area contributed by atoms with Crippen LogP contribution in [0.15, 0.2) is 18.2 Å². The third-order valence-electron chi connectivity index (χ3n) is 2.04. The number of benzene rings is 1. The lowest BCUT2D eigenvalue weighted by atomic mass is 10.1. The Balaban J connectivity index is 2.44. The van der Waals surface area contributed by atoms with E-state index in [2.05, 4.69) is 0 Å².